The van der Waals surface area contributed by atoms with E-state index in [9.17, 15) is 28.1 Å². The molecular weight excluding hydrogens is 460 g/mol. The number of non-ortho nitro benzene ring substituents is 1. The second kappa shape index (κ2) is 9.71. The second-order valence-electron chi connectivity index (χ2n) is 7.35. The maximum absolute atomic E-state index is 12.4. The Morgan fingerprint density at radius 1 is 1.34 bits per heavy atom. The Bertz CT molecular complexity index is 1120. The van der Waals surface area contributed by atoms with Crippen LogP contribution in [0.1, 0.15) is 19.8 Å². The molecule has 0 radical (unpaired) electrons. The van der Waals surface area contributed by atoms with Gasteiger partial charge in [-0.2, -0.15) is 0 Å². The molecule has 1 aromatic carbocycles. The zero-order chi connectivity index (χ0) is 23.5. The number of thiazole rings is 1. The van der Waals surface area contributed by atoms with E-state index in [-0.39, 0.29) is 23.9 Å². The van der Waals surface area contributed by atoms with E-state index in [4.69, 9.17) is 4.74 Å². The summed E-state index contributed by atoms with van der Waals surface area (Å²) in [6.07, 6.45) is 0.722. The van der Waals surface area contributed by atoms with E-state index >= 15 is 0 Å². The molecule has 1 aliphatic rings. The highest BCUT2D eigenvalue weighted by Crippen LogP contribution is 2.28. The number of sulfonamides is 1. The monoisotopic (exact) mass is 482 g/mol. The van der Waals surface area contributed by atoms with E-state index in [0.717, 1.165) is 17.6 Å². The van der Waals surface area contributed by atoms with Gasteiger partial charge in [-0.25, -0.2) is 17.7 Å². The molecule has 0 aliphatic carbocycles. The third kappa shape index (κ3) is 5.87. The largest absolute Gasteiger partial charge is 0.452 e. The summed E-state index contributed by atoms with van der Waals surface area (Å²) in [6, 6.07) is 5.99. The molecule has 1 amide bonds. The fourth-order valence-corrected chi connectivity index (χ4v) is 4.79. The Morgan fingerprint density at radius 2 is 2.03 bits per heavy atom. The van der Waals surface area contributed by atoms with Crippen molar-refractivity contribution in [3.8, 4) is 11.3 Å². The number of benzene rings is 1. The fraction of sp³-hybridized carbons (Fsp3) is 0.421. The van der Waals surface area contributed by atoms with Crippen molar-refractivity contribution >= 4 is 44.1 Å². The smallest absolute Gasteiger partial charge is 0.309 e. The predicted octanol–water partition coefficient (Wildman–Crippen LogP) is 2.26. The number of rotatable bonds is 7. The van der Waals surface area contributed by atoms with Crippen LogP contribution in [0, 0.1) is 16.0 Å². The molecule has 1 aromatic heterocycles. The lowest BCUT2D eigenvalue weighted by atomic mass is 9.98. The molecule has 13 heteroatoms. The Balaban J connectivity index is 1.55. The fourth-order valence-electron chi connectivity index (χ4n) is 3.20. The Morgan fingerprint density at radius 3 is 2.66 bits per heavy atom. The summed E-state index contributed by atoms with van der Waals surface area (Å²) in [5.74, 6) is -1.58. The molecule has 0 spiro atoms. The average molecular weight is 483 g/mol. The van der Waals surface area contributed by atoms with Gasteiger partial charge in [0.1, 0.15) is 0 Å². The summed E-state index contributed by atoms with van der Waals surface area (Å²) in [6.45, 7) is 1.91. The number of hydrogen-bond acceptors (Lipinski definition) is 9. The van der Waals surface area contributed by atoms with Gasteiger partial charge in [0.05, 0.1) is 22.8 Å². The molecule has 11 nitrogen and oxygen atoms in total. The first-order valence-corrected chi connectivity index (χ1v) is 12.4. The number of aromatic nitrogens is 1. The summed E-state index contributed by atoms with van der Waals surface area (Å²) in [4.78, 5) is 39.5. The lowest BCUT2D eigenvalue weighted by Gasteiger charge is -2.29. The molecule has 0 saturated carbocycles. The van der Waals surface area contributed by atoms with Gasteiger partial charge in [-0.3, -0.25) is 25.0 Å². The second-order valence-corrected chi connectivity index (χ2v) is 10.2. The first-order chi connectivity index (χ1) is 15.0. The Labute approximate surface area is 188 Å². The molecule has 32 heavy (non-hydrogen) atoms. The zero-order valence-electron chi connectivity index (χ0n) is 17.4. The SMILES string of the molecule is CC(OC(=O)C1CCN(S(C)(=O)=O)CC1)C(=O)Nc1nc(-c2cccc([N+](=O)[O-])c2)cs1. The van der Waals surface area contributed by atoms with Crippen LogP contribution in [-0.2, 0) is 24.3 Å². The maximum atomic E-state index is 12.4. The van der Waals surface area contributed by atoms with Crippen molar-refractivity contribution in [3.63, 3.8) is 0 Å². The van der Waals surface area contributed by atoms with Gasteiger partial charge < -0.3 is 4.74 Å². The van der Waals surface area contributed by atoms with Crippen molar-refractivity contribution in [1.29, 1.82) is 0 Å². The molecule has 2 heterocycles. The summed E-state index contributed by atoms with van der Waals surface area (Å²) in [5, 5.41) is 15.4. The van der Waals surface area contributed by atoms with Gasteiger partial charge in [-0.05, 0) is 19.8 Å². The number of anilines is 1. The van der Waals surface area contributed by atoms with E-state index < -0.39 is 38.8 Å². The molecule has 1 atom stereocenters. The van der Waals surface area contributed by atoms with Gasteiger partial charge in [-0.1, -0.05) is 12.1 Å². The summed E-state index contributed by atoms with van der Waals surface area (Å²) >= 11 is 1.14. The number of amides is 1. The van der Waals surface area contributed by atoms with E-state index in [0.29, 0.717) is 24.1 Å². The number of nitrogens with one attached hydrogen (secondary N) is 1. The first kappa shape index (κ1) is 23.8. The van der Waals surface area contributed by atoms with Gasteiger partial charge in [-0.15, -0.1) is 11.3 Å². The van der Waals surface area contributed by atoms with Gasteiger partial charge in [0.25, 0.3) is 11.6 Å². The molecule has 2 aromatic rings. The molecule has 1 N–H and O–H groups in total. The van der Waals surface area contributed by atoms with Gasteiger partial charge in [0.15, 0.2) is 11.2 Å². The number of nitro benzene ring substituents is 1. The minimum absolute atomic E-state index is 0.0658. The number of ether oxygens (including phenoxy) is 1. The normalized spacial score (nSPS) is 16.3. The third-order valence-electron chi connectivity index (χ3n) is 5.01. The van der Waals surface area contributed by atoms with E-state index in [1.165, 1.54) is 23.4 Å². The Hall–Kier alpha value is -2.90. The van der Waals surface area contributed by atoms with Crippen LogP contribution in [0.5, 0.6) is 0 Å². The molecule has 1 aliphatic heterocycles. The van der Waals surface area contributed by atoms with Crippen LogP contribution in [0.25, 0.3) is 11.3 Å². The molecule has 0 bridgehead atoms. The van der Waals surface area contributed by atoms with Crippen LogP contribution in [0.2, 0.25) is 0 Å². The third-order valence-corrected chi connectivity index (χ3v) is 7.07. The van der Waals surface area contributed by atoms with Crippen LogP contribution in [0.15, 0.2) is 29.6 Å². The van der Waals surface area contributed by atoms with Crippen LogP contribution in [0.3, 0.4) is 0 Å². The standard InChI is InChI=1S/C19H22N4O7S2/c1-12(30-18(25)13-6-8-22(9-7-13)32(2,28)29)17(24)21-19-20-16(11-31-19)14-4-3-5-15(10-14)23(26)27/h3-5,10-13H,6-9H2,1-2H3,(H,20,21,24). The van der Waals surface area contributed by atoms with E-state index in [1.54, 1.807) is 17.5 Å². The highest BCUT2D eigenvalue weighted by molar-refractivity contribution is 7.88. The van der Waals surface area contributed by atoms with E-state index in [1.807, 2.05) is 0 Å². The number of piperidine rings is 1. The van der Waals surface area contributed by atoms with Crippen molar-refractivity contribution in [2.45, 2.75) is 25.9 Å². The van der Waals surface area contributed by atoms with Crippen molar-refractivity contribution in [1.82, 2.24) is 9.29 Å². The minimum Gasteiger partial charge on any atom is -0.452 e. The first-order valence-electron chi connectivity index (χ1n) is 9.71. The van der Waals surface area contributed by atoms with Crippen LogP contribution in [0.4, 0.5) is 10.8 Å². The van der Waals surface area contributed by atoms with Gasteiger partial charge in [0.2, 0.25) is 10.0 Å². The molecule has 3 rings (SSSR count). The summed E-state index contributed by atoms with van der Waals surface area (Å²) in [7, 11) is -3.29. The maximum Gasteiger partial charge on any atom is 0.309 e. The number of nitrogens with zero attached hydrogens (tertiary/aromatic N) is 3. The molecule has 172 valence electrons. The van der Waals surface area contributed by atoms with Crippen molar-refractivity contribution in [3.05, 3.63) is 39.8 Å². The number of hydrogen-bond donors (Lipinski definition) is 1. The number of nitro groups is 1. The minimum atomic E-state index is -3.29. The van der Waals surface area contributed by atoms with Gasteiger partial charge >= 0.3 is 5.97 Å². The lowest BCUT2D eigenvalue weighted by molar-refractivity contribution is -0.384. The van der Waals surface area contributed by atoms with Crippen molar-refractivity contribution < 1.29 is 27.7 Å². The molecule has 1 saturated heterocycles. The van der Waals surface area contributed by atoms with Crippen LogP contribution >= 0.6 is 11.3 Å². The molecule has 1 unspecified atom stereocenters. The number of carbonyl (C=O) groups is 2. The van der Waals surface area contributed by atoms with Crippen LogP contribution in [-0.4, -0.2) is 60.0 Å². The summed E-state index contributed by atoms with van der Waals surface area (Å²) in [5.41, 5.74) is 0.941. The highest BCUT2D eigenvalue weighted by atomic mass is 32.2. The van der Waals surface area contributed by atoms with Crippen molar-refractivity contribution in [2.24, 2.45) is 5.92 Å². The number of carbonyl (C=O) groups excluding carboxylic acids is 2. The highest BCUT2D eigenvalue weighted by Gasteiger charge is 2.31. The van der Waals surface area contributed by atoms with E-state index in [2.05, 4.69) is 10.3 Å². The zero-order valence-corrected chi connectivity index (χ0v) is 19.0. The topological polar surface area (TPSA) is 149 Å². The Kier molecular flexibility index (Phi) is 7.21. The van der Waals surface area contributed by atoms with Crippen molar-refractivity contribution in [2.75, 3.05) is 24.7 Å². The summed E-state index contributed by atoms with van der Waals surface area (Å²) < 4.78 is 29.7. The van der Waals surface area contributed by atoms with Crippen LogP contribution < -0.4 is 5.32 Å². The van der Waals surface area contributed by atoms with Gasteiger partial charge in [0, 0.05) is 36.2 Å². The lowest BCUT2D eigenvalue weighted by Crippen LogP contribution is -2.41. The molecular formula is C19H22N4O7S2. The molecule has 1 fully saturated rings. The average Bonchev–Trinajstić information content (AvgIpc) is 3.21. The quantitative estimate of drug-likeness (QED) is 0.359. The number of esters is 1. The predicted molar refractivity (Wildman–Crippen MR) is 118 cm³/mol.